The molecule has 1 heterocycles. The topological polar surface area (TPSA) is 17.8 Å². The van der Waals surface area contributed by atoms with Crippen LogP contribution in [0.1, 0.15) is 11.4 Å². The van der Waals surface area contributed by atoms with Crippen molar-refractivity contribution in [1.29, 1.82) is 0 Å². The van der Waals surface area contributed by atoms with Crippen molar-refractivity contribution in [2.24, 2.45) is 7.05 Å². The highest BCUT2D eigenvalue weighted by atomic mass is 127. The van der Waals surface area contributed by atoms with E-state index < -0.39 is 0 Å². The van der Waals surface area contributed by atoms with E-state index in [1.807, 2.05) is 14.0 Å². The second-order valence-electron chi connectivity index (χ2n) is 2.11. The van der Waals surface area contributed by atoms with E-state index in [1.54, 1.807) is 0 Å². The normalized spacial score (nSPS) is 10.2. The van der Waals surface area contributed by atoms with Gasteiger partial charge in [0.25, 0.3) is 0 Å². The van der Waals surface area contributed by atoms with Crippen LogP contribution in [0.5, 0.6) is 0 Å². The summed E-state index contributed by atoms with van der Waals surface area (Å²) in [5.41, 5.74) is 2.38. The quantitative estimate of drug-likeness (QED) is 0.626. The number of halogens is 1. The summed E-state index contributed by atoms with van der Waals surface area (Å²) in [5, 5.41) is 0. The molecule has 0 saturated carbocycles. The van der Waals surface area contributed by atoms with Crippen LogP contribution < -0.4 is 0 Å². The van der Waals surface area contributed by atoms with Crippen molar-refractivity contribution in [2.75, 3.05) is 0 Å². The summed E-state index contributed by atoms with van der Waals surface area (Å²) in [4.78, 5) is 4.26. The van der Waals surface area contributed by atoms with E-state index in [4.69, 9.17) is 0 Å². The molecule has 3 heteroatoms. The Morgan fingerprint density at radius 3 is 2.11 bits per heavy atom. The van der Waals surface area contributed by atoms with Crippen molar-refractivity contribution in [1.82, 2.24) is 9.55 Å². The molecule has 1 aromatic heterocycles. The summed E-state index contributed by atoms with van der Waals surface area (Å²) in [6.45, 7) is 4.10. The summed E-state index contributed by atoms with van der Waals surface area (Å²) in [6.07, 6.45) is 0. The Bertz CT molecular complexity index is 205. The van der Waals surface area contributed by atoms with Crippen LogP contribution in [0.25, 0.3) is 0 Å². The van der Waals surface area contributed by atoms with Gasteiger partial charge in [-0.05, 0) is 36.4 Å². The lowest BCUT2D eigenvalue weighted by molar-refractivity contribution is 0.842. The van der Waals surface area contributed by atoms with E-state index >= 15 is 0 Å². The van der Waals surface area contributed by atoms with E-state index in [2.05, 4.69) is 39.1 Å². The average Bonchev–Trinajstić information content (AvgIpc) is 1.98. The Labute approximate surface area is 68.4 Å². The van der Waals surface area contributed by atoms with Crippen LogP contribution in [0.3, 0.4) is 0 Å². The van der Waals surface area contributed by atoms with Crippen molar-refractivity contribution >= 4 is 22.6 Å². The molecule has 2 nitrogen and oxygen atoms in total. The zero-order valence-electron chi connectivity index (χ0n) is 5.77. The van der Waals surface area contributed by atoms with Crippen molar-refractivity contribution in [3.63, 3.8) is 0 Å². The molecule has 9 heavy (non-hydrogen) atoms. The maximum absolute atomic E-state index is 4.26. The smallest absolute Gasteiger partial charge is 0.171 e. The van der Waals surface area contributed by atoms with Crippen molar-refractivity contribution in [2.45, 2.75) is 13.8 Å². The molecule has 1 aromatic rings. The first-order valence-electron chi connectivity index (χ1n) is 2.78. The Balaban J connectivity index is 3.29. The molecule has 50 valence electrons. The molecule has 1 rings (SSSR count). The average molecular weight is 236 g/mol. The minimum Gasteiger partial charge on any atom is -0.327 e. The minimum atomic E-state index is 1.06. The molecule has 0 unspecified atom stereocenters. The van der Waals surface area contributed by atoms with Gasteiger partial charge in [-0.3, -0.25) is 0 Å². The molecule has 0 aromatic carbocycles. The molecule has 0 aliphatic rings. The first kappa shape index (κ1) is 7.05. The molecule has 0 saturated heterocycles. The molecule has 0 fully saturated rings. The highest BCUT2D eigenvalue weighted by Gasteiger charge is 2.01. The largest absolute Gasteiger partial charge is 0.327 e. The molecule has 0 radical (unpaired) electrons. The fourth-order valence-corrected chi connectivity index (χ4v) is 1.40. The molecule has 0 aliphatic carbocycles. The zero-order valence-corrected chi connectivity index (χ0v) is 7.93. The van der Waals surface area contributed by atoms with Crippen molar-refractivity contribution < 1.29 is 0 Å². The van der Waals surface area contributed by atoms with Gasteiger partial charge in [-0.25, -0.2) is 4.98 Å². The van der Waals surface area contributed by atoms with E-state index in [0.717, 1.165) is 9.53 Å². The standard InChI is InChI=1S/C6H9IN2/c1-4-5(2)9(3)6(7)8-4/h1-3H3. The monoisotopic (exact) mass is 236 g/mol. The molecular formula is C6H9IN2. The number of imidazole rings is 1. The number of rotatable bonds is 0. The summed E-state index contributed by atoms with van der Waals surface area (Å²) in [7, 11) is 2.02. The predicted octanol–water partition coefficient (Wildman–Crippen LogP) is 1.64. The van der Waals surface area contributed by atoms with Gasteiger partial charge in [0.15, 0.2) is 3.83 Å². The molecular weight excluding hydrogens is 227 g/mol. The molecule has 0 bridgehead atoms. The maximum Gasteiger partial charge on any atom is 0.171 e. The lowest BCUT2D eigenvalue weighted by Crippen LogP contribution is -1.92. The Morgan fingerprint density at radius 1 is 1.44 bits per heavy atom. The van der Waals surface area contributed by atoms with Crippen LogP contribution in [0.2, 0.25) is 0 Å². The highest BCUT2D eigenvalue weighted by Crippen LogP contribution is 2.08. The van der Waals surface area contributed by atoms with E-state index in [0.29, 0.717) is 0 Å². The van der Waals surface area contributed by atoms with E-state index in [9.17, 15) is 0 Å². The SMILES string of the molecule is Cc1nc(I)n(C)c1C. The fourth-order valence-electron chi connectivity index (χ4n) is 0.675. The van der Waals surface area contributed by atoms with Crippen molar-refractivity contribution in [3.8, 4) is 0 Å². The van der Waals surface area contributed by atoms with E-state index in [-0.39, 0.29) is 0 Å². The third kappa shape index (κ3) is 1.10. The number of aromatic nitrogens is 2. The fraction of sp³-hybridized carbons (Fsp3) is 0.500. The highest BCUT2D eigenvalue weighted by molar-refractivity contribution is 14.1. The third-order valence-electron chi connectivity index (χ3n) is 1.56. The van der Waals surface area contributed by atoms with Gasteiger partial charge in [-0.1, -0.05) is 0 Å². The lowest BCUT2D eigenvalue weighted by atomic mass is 10.4. The Kier molecular flexibility index (Phi) is 1.79. The summed E-state index contributed by atoms with van der Waals surface area (Å²) in [5.74, 6) is 0. The molecule has 0 atom stereocenters. The summed E-state index contributed by atoms with van der Waals surface area (Å²) < 4.78 is 3.14. The Hall–Kier alpha value is -0.0600. The van der Waals surface area contributed by atoms with Gasteiger partial charge in [-0.15, -0.1) is 0 Å². The summed E-state index contributed by atoms with van der Waals surface area (Å²) >= 11 is 2.22. The number of nitrogens with zero attached hydrogens (tertiary/aromatic N) is 2. The number of aryl methyl sites for hydroxylation is 1. The van der Waals surface area contributed by atoms with Crippen LogP contribution in [-0.2, 0) is 7.05 Å². The van der Waals surface area contributed by atoms with Gasteiger partial charge < -0.3 is 4.57 Å². The number of hydrogen-bond acceptors (Lipinski definition) is 1. The van der Waals surface area contributed by atoms with Gasteiger partial charge >= 0.3 is 0 Å². The van der Waals surface area contributed by atoms with Gasteiger partial charge in [0, 0.05) is 12.7 Å². The van der Waals surface area contributed by atoms with Crippen LogP contribution in [0, 0.1) is 17.7 Å². The third-order valence-corrected chi connectivity index (χ3v) is 2.53. The molecule has 0 N–H and O–H groups in total. The zero-order chi connectivity index (χ0) is 7.02. The molecule has 0 amide bonds. The van der Waals surface area contributed by atoms with Crippen molar-refractivity contribution in [3.05, 3.63) is 15.2 Å². The first-order valence-corrected chi connectivity index (χ1v) is 3.86. The minimum absolute atomic E-state index is 1.06. The van der Waals surface area contributed by atoms with Gasteiger partial charge in [0.2, 0.25) is 0 Å². The van der Waals surface area contributed by atoms with Crippen LogP contribution in [-0.4, -0.2) is 9.55 Å². The van der Waals surface area contributed by atoms with E-state index in [1.165, 1.54) is 5.69 Å². The molecule has 0 spiro atoms. The van der Waals surface area contributed by atoms with Gasteiger partial charge in [-0.2, -0.15) is 0 Å². The van der Waals surface area contributed by atoms with Gasteiger partial charge in [0.05, 0.1) is 5.69 Å². The first-order chi connectivity index (χ1) is 4.13. The van der Waals surface area contributed by atoms with Crippen LogP contribution in [0.15, 0.2) is 0 Å². The lowest BCUT2D eigenvalue weighted by Gasteiger charge is -1.93. The predicted molar refractivity (Wildman–Crippen MR) is 45.4 cm³/mol. The maximum atomic E-state index is 4.26. The van der Waals surface area contributed by atoms with Crippen LogP contribution >= 0.6 is 22.6 Å². The van der Waals surface area contributed by atoms with Gasteiger partial charge in [0.1, 0.15) is 0 Å². The molecule has 0 aliphatic heterocycles. The second kappa shape index (κ2) is 2.28. The number of hydrogen-bond donors (Lipinski definition) is 0. The summed E-state index contributed by atoms with van der Waals surface area (Å²) in [6, 6.07) is 0. The van der Waals surface area contributed by atoms with Crippen LogP contribution in [0.4, 0.5) is 0 Å². The Morgan fingerprint density at radius 2 is 2.00 bits per heavy atom. The second-order valence-corrected chi connectivity index (χ2v) is 3.08.